The van der Waals surface area contributed by atoms with Crippen LogP contribution in [0.4, 0.5) is 0 Å². The Bertz CT molecular complexity index is 496. The van der Waals surface area contributed by atoms with Crippen LogP contribution in [0.3, 0.4) is 0 Å². The Morgan fingerprint density at radius 2 is 1.88 bits per heavy atom. The average molecular weight is 216 g/mol. The van der Waals surface area contributed by atoms with Crippen molar-refractivity contribution in [1.29, 1.82) is 0 Å². The Labute approximate surface area is 95.0 Å². The van der Waals surface area contributed by atoms with Gasteiger partial charge in [-0.1, -0.05) is 31.5 Å². The highest BCUT2D eigenvalue weighted by Gasteiger charge is 2.03. The van der Waals surface area contributed by atoms with Crippen molar-refractivity contribution < 1.29 is 0 Å². The summed E-state index contributed by atoms with van der Waals surface area (Å²) in [4.78, 5) is 12.0. The van der Waals surface area contributed by atoms with Crippen LogP contribution < -0.4 is 5.69 Å². The van der Waals surface area contributed by atoms with Gasteiger partial charge in [-0.25, -0.2) is 4.79 Å². The number of rotatable bonds is 4. The summed E-state index contributed by atoms with van der Waals surface area (Å²) < 4.78 is 3.44. The second-order valence-electron chi connectivity index (χ2n) is 3.83. The second-order valence-corrected chi connectivity index (χ2v) is 3.83. The van der Waals surface area contributed by atoms with E-state index in [9.17, 15) is 4.79 Å². The van der Waals surface area contributed by atoms with Gasteiger partial charge in [-0.2, -0.15) is 0 Å². The number of hydrogen-bond acceptors (Lipinski definition) is 1. The molecule has 0 unspecified atom stereocenters. The molecule has 0 bridgehead atoms. The fraction of sp³-hybridized carbons (Fsp3) is 0.308. The maximum absolute atomic E-state index is 12.0. The van der Waals surface area contributed by atoms with Crippen LogP contribution in [-0.2, 0) is 6.54 Å². The van der Waals surface area contributed by atoms with Crippen molar-refractivity contribution in [2.45, 2.75) is 26.3 Å². The molecule has 0 saturated heterocycles. The van der Waals surface area contributed by atoms with Gasteiger partial charge in [0.1, 0.15) is 0 Å². The fourth-order valence-corrected chi connectivity index (χ4v) is 1.70. The second kappa shape index (κ2) is 4.84. The first-order chi connectivity index (χ1) is 7.83. The number of unbranched alkanes of at least 4 members (excludes halogenated alkanes) is 1. The number of imidazole rings is 1. The van der Waals surface area contributed by atoms with Crippen molar-refractivity contribution in [2.24, 2.45) is 0 Å². The number of benzene rings is 1. The highest BCUT2D eigenvalue weighted by molar-refractivity contribution is 5.30. The van der Waals surface area contributed by atoms with Gasteiger partial charge in [0.15, 0.2) is 0 Å². The van der Waals surface area contributed by atoms with E-state index in [1.165, 1.54) is 0 Å². The first-order valence-electron chi connectivity index (χ1n) is 5.66. The molecular formula is C13H16N2O. The first kappa shape index (κ1) is 10.7. The van der Waals surface area contributed by atoms with E-state index >= 15 is 0 Å². The molecule has 1 aromatic heterocycles. The molecule has 0 amide bonds. The van der Waals surface area contributed by atoms with Crippen LogP contribution in [0.5, 0.6) is 0 Å². The molecule has 0 saturated carbocycles. The summed E-state index contributed by atoms with van der Waals surface area (Å²) in [5.74, 6) is 0. The Morgan fingerprint density at radius 1 is 1.12 bits per heavy atom. The number of aromatic nitrogens is 2. The molecule has 0 aliphatic carbocycles. The third-order valence-electron chi connectivity index (χ3n) is 2.63. The summed E-state index contributed by atoms with van der Waals surface area (Å²) in [6, 6.07) is 9.69. The Hall–Kier alpha value is -1.77. The molecule has 0 aliphatic heterocycles. The zero-order chi connectivity index (χ0) is 11.4. The average Bonchev–Trinajstić information content (AvgIpc) is 2.69. The van der Waals surface area contributed by atoms with Crippen LogP contribution >= 0.6 is 0 Å². The molecule has 3 heteroatoms. The maximum Gasteiger partial charge on any atom is 0.332 e. The standard InChI is InChI=1S/C13H16N2O/c1-2-3-9-14-10-11-15(13(14)16)12-7-5-4-6-8-12/h4-8,10-11H,2-3,9H2,1H3. The molecule has 0 spiro atoms. The lowest BCUT2D eigenvalue weighted by Crippen LogP contribution is -2.22. The van der Waals surface area contributed by atoms with Gasteiger partial charge in [-0.3, -0.25) is 9.13 Å². The summed E-state index contributed by atoms with van der Waals surface area (Å²) in [6.45, 7) is 2.92. The molecule has 0 radical (unpaired) electrons. The minimum atomic E-state index is 0.0413. The lowest BCUT2D eigenvalue weighted by molar-refractivity contribution is 0.608. The minimum absolute atomic E-state index is 0.0413. The van der Waals surface area contributed by atoms with Crippen molar-refractivity contribution >= 4 is 0 Å². The quantitative estimate of drug-likeness (QED) is 0.771. The zero-order valence-corrected chi connectivity index (χ0v) is 9.47. The van der Waals surface area contributed by atoms with Gasteiger partial charge in [0.05, 0.1) is 5.69 Å². The van der Waals surface area contributed by atoms with E-state index in [1.54, 1.807) is 9.13 Å². The van der Waals surface area contributed by atoms with E-state index in [0.29, 0.717) is 0 Å². The van der Waals surface area contributed by atoms with Crippen LogP contribution in [0, 0.1) is 0 Å². The molecule has 0 N–H and O–H groups in total. The Balaban J connectivity index is 2.31. The molecule has 0 atom stereocenters. The SMILES string of the molecule is CCCCn1ccn(-c2ccccc2)c1=O. The van der Waals surface area contributed by atoms with Crippen LogP contribution in [0.25, 0.3) is 5.69 Å². The maximum atomic E-state index is 12.0. The fourth-order valence-electron chi connectivity index (χ4n) is 1.70. The third-order valence-corrected chi connectivity index (χ3v) is 2.63. The van der Waals surface area contributed by atoms with Gasteiger partial charge in [0.2, 0.25) is 0 Å². The van der Waals surface area contributed by atoms with Gasteiger partial charge in [-0.15, -0.1) is 0 Å². The first-order valence-corrected chi connectivity index (χ1v) is 5.66. The largest absolute Gasteiger partial charge is 0.332 e. The highest BCUT2D eigenvalue weighted by Crippen LogP contribution is 2.03. The highest BCUT2D eigenvalue weighted by atomic mass is 16.1. The van der Waals surface area contributed by atoms with Gasteiger partial charge in [-0.05, 0) is 18.6 Å². The van der Waals surface area contributed by atoms with Gasteiger partial charge >= 0.3 is 5.69 Å². The molecule has 84 valence electrons. The van der Waals surface area contributed by atoms with Crippen molar-refractivity contribution in [3.8, 4) is 5.69 Å². The minimum Gasteiger partial charge on any atom is -0.299 e. The summed E-state index contributed by atoms with van der Waals surface area (Å²) in [5.41, 5.74) is 0.961. The van der Waals surface area contributed by atoms with Gasteiger partial charge in [0, 0.05) is 18.9 Å². The normalized spacial score (nSPS) is 10.6. The lowest BCUT2D eigenvalue weighted by Gasteiger charge is -2.01. The lowest BCUT2D eigenvalue weighted by atomic mass is 10.3. The van der Waals surface area contributed by atoms with Crippen molar-refractivity contribution in [3.63, 3.8) is 0 Å². The molecule has 2 aromatic rings. The molecule has 1 aromatic carbocycles. The van der Waals surface area contributed by atoms with Crippen molar-refractivity contribution in [1.82, 2.24) is 9.13 Å². The van der Waals surface area contributed by atoms with E-state index in [0.717, 1.165) is 25.1 Å². The molecule has 0 fully saturated rings. The van der Waals surface area contributed by atoms with Crippen LogP contribution in [0.2, 0.25) is 0 Å². The summed E-state index contributed by atoms with van der Waals surface area (Å²) in [7, 11) is 0. The molecule has 16 heavy (non-hydrogen) atoms. The predicted octanol–water partition coefficient (Wildman–Crippen LogP) is 2.44. The smallest absolute Gasteiger partial charge is 0.299 e. The summed E-state index contributed by atoms with van der Waals surface area (Å²) in [5, 5.41) is 0. The monoisotopic (exact) mass is 216 g/mol. The third kappa shape index (κ3) is 2.08. The number of aryl methyl sites for hydroxylation is 1. The molecule has 0 aliphatic rings. The topological polar surface area (TPSA) is 26.9 Å². The summed E-state index contributed by atoms with van der Waals surface area (Å²) in [6.07, 6.45) is 5.82. The van der Waals surface area contributed by atoms with E-state index in [1.807, 2.05) is 42.7 Å². The zero-order valence-electron chi connectivity index (χ0n) is 9.47. The Morgan fingerprint density at radius 3 is 2.56 bits per heavy atom. The van der Waals surface area contributed by atoms with Crippen LogP contribution in [0.15, 0.2) is 47.5 Å². The number of hydrogen-bond donors (Lipinski definition) is 0. The van der Waals surface area contributed by atoms with Crippen LogP contribution in [-0.4, -0.2) is 9.13 Å². The van der Waals surface area contributed by atoms with Gasteiger partial charge in [0.25, 0.3) is 0 Å². The van der Waals surface area contributed by atoms with E-state index in [2.05, 4.69) is 6.92 Å². The Kier molecular flexibility index (Phi) is 3.25. The van der Waals surface area contributed by atoms with Gasteiger partial charge < -0.3 is 0 Å². The van der Waals surface area contributed by atoms with E-state index < -0.39 is 0 Å². The van der Waals surface area contributed by atoms with Crippen molar-refractivity contribution in [2.75, 3.05) is 0 Å². The molecular weight excluding hydrogens is 200 g/mol. The predicted molar refractivity (Wildman–Crippen MR) is 64.9 cm³/mol. The van der Waals surface area contributed by atoms with Crippen molar-refractivity contribution in [3.05, 3.63) is 53.2 Å². The molecule has 3 nitrogen and oxygen atoms in total. The number of para-hydroxylation sites is 1. The number of nitrogens with zero attached hydrogens (tertiary/aromatic N) is 2. The van der Waals surface area contributed by atoms with E-state index in [4.69, 9.17) is 0 Å². The molecule has 2 rings (SSSR count). The molecule has 1 heterocycles. The summed E-state index contributed by atoms with van der Waals surface area (Å²) >= 11 is 0. The van der Waals surface area contributed by atoms with E-state index in [-0.39, 0.29) is 5.69 Å². The van der Waals surface area contributed by atoms with Crippen LogP contribution in [0.1, 0.15) is 19.8 Å².